The first-order valence-electron chi connectivity index (χ1n) is 4.89. The van der Waals surface area contributed by atoms with Crippen molar-refractivity contribution in [2.75, 3.05) is 5.75 Å². The molecule has 16 heavy (non-hydrogen) atoms. The van der Waals surface area contributed by atoms with Crippen molar-refractivity contribution in [3.63, 3.8) is 0 Å². The molecule has 0 saturated heterocycles. The summed E-state index contributed by atoms with van der Waals surface area (Å²) in [6, 6.07) is 1.87. The van der Waals surface area contributed by atoms with Gasteiger partial charge in [0, 0.05) is 5.75 Å². The molecule has 0 aliphatic heterocycles. The number of H-pyrrole nitrogens is 1. The van der Waals surface area contributed by atoms with Crippen LogP contribution in [0.15, 0.2) is 22.1 Å². The third kappa shape index (κ3) is 2.97. The Morgan fingerprint density at radius 3 is 2.88 bits per heavy atom. The van der Waals surface area contributed by atoms with Gasteiger partial charge in [-0.05, 0) is 13.3 Å². The number of thioether (sulfide) groups is 1. The van der Waals surface area contributed by atoms with Gasteiger partial charge in [0.25, 0.3) is 5.56 Å². The van der Waals surface area contributed by atoms with Gasteiger partial charge in [0.15, 0.2) is 5.16 Å². The second-order valence-corrected chi connectivity index (χ2v) is 4.37. The minimum atomic E-state index is -0.362. The average molecular weight is 235 g/mol. The van der Waals surface area contributed by atoms with Gasteiger partial charge in [-0.15, -0.1) is 0 Å². The Hall–Kier alpha value is -1.54. The first kappa shape index (κ1) is 12.5. The molecule has 4 nitrogen and oxygen atoms in total. The lowest BCUT2D eigenvalue weighted by Crippen LogP contribution is -2.16. The van der Waals surface area contributed by atoms with Crippen LogP contribution in [0.3, 0.4) is 0 Å². The van der Waals surface area contributed by atoms with Crippen molar-refractivity contribution in [2.24, 2.45) is 0 Å². The van der Waals surface area contributed by atoms with Crippen LogP contribution in [0.4, 0.5) is 0 Å². The minimum absolute atomic E-state index is 0.113. The molecule has 0 amide bonds. The number of hydrogen-bond donors (Lipinski definition) is 1. The fourth-order valence-electron chi connectivity index (χ4n) is 1.13. The summed E-state index contributed by atoms with van der Waals surface area (Å²) >= 11 is 1.42. The molecule has 1 rings (SSSR count). The van der Waals surface area contributed by atoms with E-state index in [-0.39, 0.29) is 11.1 Å². The molecule has 0 saturated carbocycles. The number of rotatable bonds is 4. The first-order valence-corrected chi connectivity index (χ1v) is 5.87. The molecule has 0 radical (unpaired) electrons. The standard InChI is InChI=1S/C11H13N3OS/c1-4-9-8(5-12)10(15)14-11(13-9)16-6-7(2)3/h2,4,6H2,1,3H3,(H,13,14,15). The molecule has 0 aliphatic carbocycles. The Kier molecular flexibility index (Phi) is 4.32. The third-order valence-electron chi connectivity index (χ3n) is 1.87. The van der Waals surface area contributed by atoms with Gasteiger partial charge in [-0.1, -0.05) is 30.8 Å². The summed E-state index contributed by atoms with van der Waals surface area (Å²) in [4.78, 5) is 18.4. The second-order valence-electron chi connectivity index (χ2n) is 3.40. The van der Waals surface area contributed by atoms with Crippen LogP contribution < -0.4 is 5.56 Å². The van der Waals surface area contributed by atoms with Crippen LogP contribution in [0.2, 0.25) is 0 Å². The molecular weight excluding hydrogens is 222 g/mol. The zero-order chi connectivity index (χ0) is 12.1. The maximum absolute atomic E-state index is 11.5. The topological polar surface area (TPSA) is 69.5 Å². The summed E-state index contributed by atoms with van der Waals surface area (Å²) in [5, 5.41) is 9.35. The number of nitrogens with one attached hydrogen (secondary N) is 1. The van der Waals surface area contributed by atoms with E-state index < -0.39 is 0 Å². The van der Waals surface area contributed by atoms with Gasteiger partial charge in [-0.25, -0.2) is 4.98 Å². The average Bonchev–Trinajstić information content (AvgIpc) is 2.25. The number of aromatic nitrogens is 2. The largest absolute Gasteiger partial charge is 0.300 e. The highest BCUT2D eigenvalue weighted by Gasteiger charge is 2.09. The molecule has 0 fully saturated rings. The Morgan fingerprint density at radius 1 is 1.69 bits per heavy atom. The zero-order valence-electron chi connectivity index (χ0n) is 9.33. The summed E-state index contributed by atoms with van der Waals surface area (Å²) in [6.45, 7) is 7.56. The number of aromatic amines is 1. The normalized spacial score (nSPS) is 9.81. The van der Waals surface area contributed by atoms with Crippen LogP contribution in [0.1, 0.15) is 25.1 Å². The quantitative estimate of drug-likeness (QED) is 0.491. The monoisotopic (exact) mass is 235 g/mol. The van der Waals surface area contributed by atoms with Crippen LogP contribution >= 0.6 is 11.8 Å². The molecule has 84 valence electrons. The van der Waals surface area contributed by atoms with Crippen LogP contribution in [0.5, 0.6) is 0 Å². The van der Waals surface area contributed by atoms with Gasteiger partial charge >= 0.3 is 0 Å². The van der Waals surface area contributed by atoms with Gasteiger partial charge in [-0.3, -0.25) is 4.79 Å². The summed E-state index contributed by atoms with van der Waals surface area (Å²) in [5.41, 5.74) is 1.31. The molecule has 0 aliphatic rings. The summed E-state index contributed by atoms with van der Waals surface area (Å²) in [7, 11) is 0. The maximum atomic E-state index is 11.5. The van der Waals surface area contributed by atoms with E-state index in [0.717, 1.165) is 5.57 Å². The van der Waals surface area contributed by atoms with Crippen molar-refractivity contribution in [3.05, 3.63) is 33.8 Å². The lowest BCUT2D eigenvalue weighted by molar-refractivity contribution is 0.860. The molecule has 0 atom stereocenters. The molecule has 1 N–H and O–H groups in total. The number of nitrogens with zero attached hydrogens (tertiary/aromatic N) is 2. The molecule has 0 aromatic carbocycles. The van der Waals surface area contributed by atoms with Gasteiger partial charge in [0.1, 0.15) is 11.6 Å². The van der Waals surface area contributed by atoms with Crippen molar-refractivity contribution in [3.8, 4) is 6.07 Å². The van der Waals surface area contributed by atoms with E-state index in [2.05, 4.69) is 16.5 Å². The maximum Gasteiger partial charge on any atom is 0.269 e. The van der Waals surface area contributed by atoms with Gasteiger partial charge < -0.3 is 4.98 Å². The van der Waals surface area contributed by atoms with Crippen molar-refractivity contribution in [1.29, 1.82) is 5.26 Å². The number of aryl methyl sites for hydroxylation is 1. The molecule has 0 bridgehead atoms. The third-order valence-corrected chi connectivity index (χ3v) is 2.98. The summed E-state index contributed by atoms with van der Waals surface area (Å²) in [5.74, 6) is 0.706. The van der Waals surface area contributed by atoms with Crippen LogP contribution in [-0.2, 0) is 6.42 Å². The number of hydrogen-bond acceptors (Lipinski definition) is 4. The SMILES string of the molecule is C=C(C)CSc1nc(CC)c(C#N)c(=O)[nH]1. The first-order chi connectivity index (χ1) is 7.58. The molecule has 1 aromatic heterocycles. The molecule has 5 heteroatoms. The lowest BCUT2D eigenvalue weighted by atomic mass is 10.2. The van der Waals surface area contributed by atoms with E-state index in [4.69, 9.17) is 5.26 Å². The Labute approximate surface area is 98.4 Å². The van der Waals surface area contributed by atoms with Crippen molar-refractivity contribution in [1.82, 2.24) is 9.97 Å². The van der Waals surface area contributed by atoms with Crippen LogP contribution in [0, 0.1) is 11.3 Å². The summed E-state index contributed by atoms with van der Waals surface area (Å²) < 4.78 is 0. The van der Waals surface area contributed by atoms with Crippen LogP contribution in [-0.4, -0.2) is 15.7 Å². The molecule has 0 unspecified atom stereocenters. The highest BCUT2D eigenvalue weighted by molar-refractivity contribution is 7.99. The number of nitriles is 1. The van der Waals surface area contributed by atoms with E-state index in [0.29, 0.717) is 23.0 Å². The van der Waals surface area contributed by atoms with E-state index in [9.17, 15) is 4.79 Å². The van der Waals surface area contributed by atoms with E-state index in [1.807, 2.05) is 19.9 Å². The predicted molar refractivity (Wildman–Crippen MR) is 64.5 cm³/mol. The van der Waals surface area contributed by atoms with Crippen LogP contribution in [0.25, 0.3) is 0 Å². The summed E-state index contributed by atoms with van der Waals surface area (Å²) in [6.07, 6.45) is 0.577. The van der Waals surface area contributed by atoms with Gasteiger partial charge in [0.05, 0.1) is 5.69 Å². The Bertz CT molecular complexity index is 499. The predicted octanol–water partition coefficient (Wildman–Crippen LogP) is 1.87. The second kappa shape index (κ2) is 5.52. The highest BCUT2D eigenvalue weighted by atomic mass is 32.2. The molecule has 1 aromatic rings. The Morgan fingerprint density at radius 2 is 2.38 bits per heavy atom. The van der Waals surface area contributed by atoms with Crippen molar-refractivity contribution >= 4 is 11.8 Å². The van der Waals surface area contributed by atoms with Crippen molar-refractivity contribution in [2.45, 2.75) is 25.4 Å². The zero-order valence-corrected chi connectivity index (χ0v) is 10.1. The minimum Gasteiger partial charge on any atom is -0.300 e. The highest BCUT2D eigenvalue weighted by Crippen LogP contribution is 2.15. The van der Waals surface area contributed by atoms with Gasteiger partial charge in [-0.2, -0.15) is 5.26 Å². The van der Waals surface area contributed by atoms with E-state index in [1.165, 1.54) is 11.8 Å². The van der Waals surface area contributed by atoms with Gasteiger partial charge in [0.2, 0.25) is 0 Å². The molecule has 0 spiro atoms. The fraction of sp³-hybridized carbons (Fsp3) is 0.364. The molecular formula is C11H13N3OS. The fourth-order valence-corrected chi connectivity index (χ4v) is 1.85. The van der Waals surface area contributed by atoms with E-state index >= 15 is 0 Å². The van der Waals surface area contributed by atoms with Crippen molar-refractivity contribution < 1.29 is 0 Å². The Balaban J connectivity index is 3.07. The lowest BCUT2D eigenvalue weighted by Gasteiger charge is -2.03. The smallest absolute Gasteiger partial charge is 0.269 e. The molecule has 1 heterocycles. The van der Waals surface area contributed by atoms with E-state index in [1.54, 1.807) is 0 Å².